The minimum Gasteiger partial charge on any atom is -0.381 e. The normalized spacial score (nSPS) is 18.1. The molecule has 1 N–H and O–H groups in total. The molecule has 1 aliphatic rings. The summed E-state index contributed by atoms with van der Waals surface area (Å²) in [7, 11) is 0. The summed E-state index contributed by atoms with van der Waals surface area (Å²) in [5.74, 6) is -1.47. The lowest BCUT2D eigenvalue weighted by atomic mass is 9.92. The zero-order chi connectivity index (χ0) is 13.2. The smallest absolute Gasteiger partial charge is 0.150 e. The Morgan fingerprint density at radius 1 is 1.28 bits per heavy atom. The van der Waals surface area contributed by atoms with Crippen molar-refractivity contribution >= 4 is 5.69 Å². The summed E-state index contributed by atoms with van der Waals surface area (Å²) >= 11 is 0. The zero-order valence-electron chi connectivity index (χ0n) is 10.1. The van der Waals surface area contributed by atoms with E-state index in [-0.39, 0.29) is 16.8 Å². The summed E-state index contributed by atoms with van der Waals surface area (Å²) in [6, 6.07) is 3.79. The number of ether oxygens (including phenoxy) is 1. The van der Waals surface area contributed by atoms with Crippen molar-refractivity contribution in [1.29, 1.82) is 5.26 Å². The number of nitrogens with zero attached hydrogens (tertiary/aromatic N) is 1. The molecule has 1 saturated heterocycles. The molecular weight excluding hydrogens is 238 g/mol. The fourth-order valence-corrected chi connectivity index (χ4v) is 2.01. The van der Waals surface area contributed by atoms with Gasteiger partial charge in [-0.1, -0.05) is 0 Å². The number of nitrogens with one attached hydrogen (secondary N) is 1. The van der Waals surface area contributed by atoms with E-state index in [9.17, 15) is 8.78 Å². The van der Waals surface area contributed by atoms with Crippen molar-refractivity contribution < 1.29 is 13.5 Å². The van der Waals surface area contributed by atoms with Crippen LogP contribution in [0.1, 0.15) is 25.3 Å². The summed E-state index contributed by atoms with van der Waals surface area (Å²) in [6.07, 6.45) is 1.37. The van der Waals surface area contributed by atoms with Gasteiger partial charge in [-0.25, -0.2) is 8.78 Å². The molecule has 18 heavy (non-hydrogen) atoms. The van der Waals surface area contributed by atoms with Crippen LogP contribution in [-0.4, -0.2) is 18.8 Å². The summed E-state index contributed by atoms with van der Waals surface area (Å²) in [5.41, 5.74) is -0.570. The molecule has 1 aliphatic heterocycles. The van der Waals surface area contributed by atoms with E-state index < -0.39 is 11.6 Å². The van der Waals surface area contributed by atoms with Gasteiger partial charge >= 0.3 is 0 Å². The summed E-state index contributed by atoms with van der Waals surface area (Å²) < 4.78 is 32.7. The molecule has 3 nitrogen and oxygen atoms in total. The van der Waals surface area contributed by atoms with Crippen molar-refractivity contribution in [3.63, 3.8) is 0 Å². The predicted molar refractivity (Wildman–Crippen MR) is 63.2 cm³/mol. The van der Waals surface area contributed by atoms with Crippen molar-refractivity contribution in [2.24, 2.45) is 0 Å². The van der Waals surface area contributed by atoms with E-state index in [1.165, 1.54) is 0 Å². The second-order valence-corrected chi connectivity index (χ2v) is 4.72. The first-order valence-corrected chi connectivity index (χ1v) is 5.79. The molecule has 1 fully saturated rings. The summed E-state index contributed by atoms with van der Waals surface area (Å²) in [5, 5.41) is 11.5. The maximum atomic E-state index is 13.7. The predicted octanol–water partition coefficient (Wildman–Crippen LogP) is 2.82. The van der Waals surface area contributed by atoms with E-state index in [0.717, 1.165) is 12.1 Å². The standard InChI is InChI=1S/C13H14F2N2O/c1-13(2-4-18-5-3-13)17-12-10(14)6-9(8-16)7-11(12)15/h6-7,17H,2-5H2,1H3. The minimum atomic E-state index is -0.737. The van der Waals surface area contributed by atoms with E-state index in [1.54, 1.807) is 6.07 Å². The van der Waals surface area contributed by atoms with Gasteiger partial charge in [0.15, 0.2) is 11.6 Å². The fourth-order valence-electron chi connectivity index (χ4n) is 2.01. The molecule has 1 aromatic rings. The summed E-state index contributed by atoms with van der Waals surface area (Å²) in [6.45, 7) is 3.05. The molecule has 0 atom stereocenters. The highest BCUT2D eigenvalue weighted by atomic mass is 19.1. The van der Waals surface area contributed by atoms with Gasteiger partial charge in [0.1, 0.15) is 5.69 Å². The SMILES string of the molecule is CC1(Nc2c(F)cc(C#N)cc2F)CCOCC1. The molecule has 5 heteroatoms. The van der Waals surface area contributed by atoms with Crippen molar-refractivity contribution in [3.05, 3.63) is 29.3 Å². The Kier molecular flexibility index (Phi) is 3.48. The molecule has 1 aromatic carbocycles. The van der Waals surface area contributed by atoms with Crippen LogP contribution >= 0.6 is 0 Å². The van der Waals surface area contributed by atoms with Crippen LogP contribution in [0.25, 0.3) is 0 Å². The number of anilines is 1. The number of benzene rings is 1. The Morgan fingerprint density at radius 2 is 1.83 bits per heavy atom. The van der Waals surface area contributed by atoms with Crippen LogP contribution in [0.4, 0.5) is 14.5 Å². The second kappa shape index (κ2) is 4.91. The van der Waals surface area contributed by atoms with Crippen LogP contribution in [0.5, 0.6) is 0 Å². The lowest BCUT2D eigenvalue weighted by molar-refractivity contribution is 0.0656. The fraction of sp³-hybridized carbons (Fsp3) is 0.462. The molecule has 0 spiro atoms. The number of halogens is 2. The van der Waals surface area contributed by atoms with Crippen molar-refractivity contribution in [3.8, 4) is 6.07 Å². The Balaban J connectivity index is 2.26. The van der Waals surface area contributed by atoms with Gasteiger partial charge in [0.2, 0.25) is 0 Å². The van der Waals surface area contributed by atoms with Crippen LogP contribution in [0.15, 0.2) is 12.1 Å². The number of rotatable bonds is 2. The highest BCUT2D eigenvalue weighted by molar-refractivity contribution is 5.52. The average molecular weight is 252 g/mol. The molecule has 0 saturated carbocycles. The monoisotopic (exact) mass is 252 g/mol. The maximum absolute atomic E-state index is 13.7. The Labute approximate surface area is 104 Å². The molecule has 96 valence electrons. The molecule has 0 amide bonds. The number of nitriles is 1. The molecule has 2 rings (SSSR count). The van der Waals surface area contributed by atoms with Gasteiger partial charge in [0.25, 0.3) is 0 Å². The minimum absolute atomic E-state index is 0.0207. The number of hydrogen-bond donors (Lipinski definition) is 1. The van der Waals surface area contributed by atoms with Crippen LogP contribution in [-0.2, 0) is 4.74 Å². The van der Waals surface area contributed by atoms with E-state index in [1.807, 2.05) is 6.92 Å². The molecule has 0 radical (unpaired) electrons. The van der Waals surface area contributed by atoms with E-state index in [2.05, 4.69) is 5.32 Å². The largest absolute Gasteiger partial charge is 0.381 e. The van der Waals surface area contributed by atoms with Crippen LogP contribution < -0.4 is 5.32 Å². The quantitative estimate of drug-likeness (QED) is 0.880. The maximum Gasteiger partial charge on any atom is 0.150 e. The van der Waals surface area contributed by atoms with Crippen molar-refractivity contribution in [2.75, 3.05) is 18.5 Å². The van der Waals surface area contributed by atoms with E-state index >= 15 is 0 Å². The summed E-state index contributed by atoms with van der Waals surface area (Å²) in [4.78, 5) is 0. The first kappa shape index (κ1) is 12.8. The van der Waals surface area contributed by atoms with Crippen molar-refractivity contribution in [1.82, 2.24) is 0 Å². The van der Waals surface area contributed by atoms with Gasteiger partial charge in [-0.3, -0.25) is 0 Å². The van der Waals surface area contributed by atoms with Gasteiger partial charge in [0, 0.05) is 18.8 Å². The average Bonchev–Trinajstić information content (AvgIpc) is 2.34. The molecule has 0 bridgehead atoms. The third kappa shape index (κ3) is 2.59. The van der Waals surface area contributed by atoms with Crippen LogP contribution in [0.2, 0.25) is 0 Å². The second-order valence-electron chi connectivity index (χ2n) is 4.72. The van der Waals surface area contributed by atoms with Crippen LogP contribution in [0.3, 0.4) is 0 Å². The van der Waals surface area contributed by atoms with Gasteiger partial charge < -0.3 is 10.1 Å². The lowest BCUT2D eigenvalue weighted by Gasteiger charge is -2.35. The molecular formula is C13H14F2N2O. The Bertz CT molecular complexity index is 467. The Hall–Kier alpha value is -1.67. The molecule has 1 heterocycles. The van der Waals surface area contributed by atoms with E-state index in [4.69, 9.17) is 10.00 Å². The zero-order valence-corrected chi connectivity index (χ0v) is 10.1. The van der Waals surface area contributed by atoms with Crippen LogP contribution in [0, 0.1) is 23.0 Å². The lowest BCUT2D eigenvalue weighted by Crippen LogP contribution is -2.41. The molecule has 0 aromatic heterocycles. The third-order valence-electron chi connectivity index (χ3n) is 3.19. The van der Waals surface area contributed by atoms with Gasteiger partial charge in [-0.15, -0.1) is 0 Å². The Morgan fingerprint density at radius 3 is 2.33 bits per heavy atom. The van der Waals surface area contributed by atoms with Crippen molar-refractivity contribution in [2.45, 2.75) is 25.3 Å². The van der Waals surface area contributed by atoms with E-state index in [0.29, 0.717) is 26.1 Å². The molecule has 0 unspecified atom stereocenters. The third-order valence-corrected chi connectivity index (χ3v) is 3.19. The van der Waals surface area contributed by atoms with Gasteiger partial charge in [-0.05, 0) is 31.9 Å². The topological polar surface area (TPSA) is 45.0 Å². The molecule has 0 aliphatic carbocycles. The first-order valence-electron chi connectivity index (χ1n) is 5.79. The number of hydrogen-bond acceptors (Lipinski definition) is 3. The highest BCUT2D eigenvalue weighted by Gasteiger charge is 2.29. The van der Waals surface area contributed by atoms with Gasteiger partial charge in [0.05, 0.1) is 11.6 Å². The highest BCUT2D eigenvalue weighted by Crippen LogP contribution is 2.29. The first-order chi connectivity index (χ1) is 8.54. The van der Waals surface area contributed by atoms with Gasteiger partial charge in [-0.2, -0.15) is 5.26 Å².